The molecule has 0 N–H and O–H groups in total. The van der Waals surface area contributed by atoms with Gasteiger partial charge in [-0.25, -0.2) is 0 Å². The summed E-state index contributed by atoms with van der Waals surface area (Å²) < 4.78 is 25.0. The van der Waals surface area contributed by atoms with Crippen LogP contribution in [0.4, 0.5) is 0 Å². The summed E-state index contributed by atoms with van der Waals surface area (Å²) in [5, 5.41) is 0. The Morgan fingerprint density at radius 1 is 0.868 bits per heavy atom. The van der Waals surface area contributed by atoms with Crippen molar-refractivity contribution in [2.45, 2.75) is 142 Å². The highest BCUT2D eigenvalue weighted by Gasteiger charge is 2.45. The maximum absolute atomic E-state index is 11.4. The minimum atomic E-state index is -1.73. The molecule has 1 aliphatic rings. The number of unbranched alkanes of at least 4 members (excludes halogenated alkanes) is 3. The van der Waals surface area contributed by atoms with Gasteiger partial charge in [0.2, 0.25) is 0 Å². The van der Waals surface area contributed by atoms with Crippen molar-refractivity contribution >= 4 is 30.9 Å². The fourth-order valence-corrected chi connectivity index (χ4v) is 8.61. The van der Waals surface area contributed by atoms with Crippen LogP contribution in [-0.2, 0) is 22.8 Å². The molecule has 0 saturated heterocycles. The summed E-state index contributed by atoms with van der Waals surface area (Å²) in [6.45, 7) is 22.8. The van der Waals surface area contributed by atoms with Crippen LogP contribution < -0.4 is 0 Å². The van der Waals surface area contributed by atoms with Crippen molar-refractivity contribution in [3.8, 4) is 0 Å². The Hall–Kier alpha value is -0.519. The molecule has 222 valence electrons. The van der Waals surface area contributed by atoms with Gasteiger partial charge < -0.3 is 18.0 Å². The molecule has 1 rings (SSSR count). The predicted octanol–water partition coefficient (Wildman–Crippen LogP) is 8.71. The van der Waals surface area contributed by atoms with Gasteiger partial charge in [-0.1, -0.05) is 50.5 Å². The van der Waals surface area contributed by atoms with Crippen molar-refractivity contribution < 1.29 is 22.8 Å². The Labute approximate surface area is 238 Å². The monoisotopic (exact) mass is 584 g/mol. The zero-order valence-electron chi connectivity index (χ0n) is 26.6. The number of methoxy groups -OCH3 is 1. The van der Waals surface area contributed by atoms with Crippen LogP contribution in [-0.4, -0.2) is 56.3 Å². The normalized spacial score (nSPS) is 24.0. The topological polar surface area (TPSA) is 54.0 Å². The number of carbonyl (C=O) groups is 1. The maximum atomic E-state index is 11.4. The van der Waals surface area contributed by atoms with Gasteiger partial charge in [0.15, 0.2) is 25.0 Å². The van der Waals surface area contributed by atoms with E-state index in [1.165, 1.54) is 26.4 Å². The molecule has 5 unspecified atom stereocenters. The van der Waals surface area contributed by atoms with Gasteiger partial charge in [-0.15, -0.1) is 0 Å². The predicted molar refractivity (Wildman–Crippen MR) is 169 cm³/mol. The molecule has 0 spiro atoms. The third-order valence-electron chi connectivity index (χ3n) is 6.58. The Balaban J connectivity index is 3.18. The Morgan fingerprint density at radius 3 is 2.05 bits per heavy atom. The number of ether oxygens (including phenoxy) is 1. The molecule has 0 aliphatic heterocycles. The third kappa shape index (κ3) is 15.9. The first-order valence-corrected chi connectivity index (χ1v) is 25.2. The van der Waals surface area contributed by atoms with Gasteiger partial charge in [-0.05, 0) is 96.9 Å². The van der Waals surface area contributed by atoms with Gasteiger partial charge in [0, 0.05) is 12.3 Å². The lowest BCUT2D eigenvalue weighted by molar-refractivity contribution is -0.140. The maximum Gasteiger partial charge on any atom is 0.305 e. The van der Waals surface area contributed by atoms with Crippen LogP contribution in [0, 0.1) is 11.8 Å². The first kappa shape index (κ1) is 35.5. The van der Waals surface area contributed by atoms with Crippen LogP contribution in [0.1, 0.15) is 64.7 Å². The highest BCUT2D eigenvalue weighted by atomic mass is 28.4. The minimum Gasteiger partial charge on any atom is -0.469 e. The van der Waals surface area contributed by atoms with Crippen molar-refractivity contribution in [3.05, 3.63) is 24.3 Å². The zero-order chi connectivity index (χ0) is 29.0. The molecule has 5 nitrogen and oxygen atoms in total. The molecule has 0 radical (unpaired) electrons. The Bertz CT molecular complexity index is 734. The van der Waals surface area contributed by atoms with E-state index in [9.17, 15) is 4.79 Å². The number of allylic oxidation sites excluding steroid dienone is 2. The number of hydrogen-bond acceptors (Lipinski definition) is 5. The van der Waals surface area contributed by atoms with Crippen molar-refractivity contribution in [2.24, 2.45) is 11.8 Å². The third-order valence-corrected chi connectivity index (χ3v) is 9.60. The molecule has 1 aliphatic carbocycles. The molecule has 1 saturated carbocycles. The van der Waals surface area contributed by atoms with Crippen LogP contribution in [0.15, 0.2) is 24.3 Å². The molecule has 0 aromatic heterocycles. The van der Waals surface area contributed by atoms with Crippen LogP contribution in [0.5, 0.6) is 0 Å². The summed E-state index contributed by atoms with van der Waals surface area (Å²) in [5.74, 6) is 0.546. The van der Waals surface area contributed by atoms with Gasteiger partial charge in [0.05, 0.1) is 25.4 Å². The molecule has 0 aromatic rings. The standard InChI is InChI=1S/C30H60O5Si3/c1-12-13-16-19-25(33-36(3,4)5)22-23-27-26(20-17-14-15-18-21-30(31)32-2)28(34-37(6,7)8)24-29(27)35-38(9,10)11/h14,17,22-23,25-29H,12-13,15-16,18-21,24H2,1-11H3/b17-14+,23-22+. The smallest absolute Gasteiger partial charge is 0.305 e. The van der Waals surface area contributed by atoms with Gasteiger partial charge in [0.25, 0.3) is 0 Å². The Kier molecular flexibility index (Phi) is 15.6. The minimum absolute atomic E-state index is 0.136. The Morgan fingerprint density at radius 2 is 1.50 bits per heavy atom. The molecule has 0 heterocycles. The second-order valence-electron chi connectivity index (χ2n) is 13.8. The van der Waals surface area contributed by atoms with Crippen molar-refractivity contribution in [3.63, 3.8) is 0 Å². The van der Waals surface area contributed by atoms with E-state index in [1.807, 2.05) is 0 Å². The van der Waals surface area contributed by atoms with E-state index < -0.39 is 25.0 Å². The number of rotatable bonds is 18. The van der Waals surface area contributed by atoms with E-state index >= 15 is 0 Å². The lowest BCUT2D eigenvalue weighted by atomic mass is 9.89. The van der Waals surface area contributed by atoms with Crippen molar-refractivity contribution in [2.75, 3.05) is 7.11 Å². The number of carbonyl (C=O) groups excluding carboxylic acids is 1. The summed E-state index contributed by atoms with van der Waals surface area (Å²) >= 11 is 0. The van der Waals surface area contributed by atoms with E-state index in [4.69, 9.17) is 18.0 Å². The molecule has 38 heavy (non-hydrogen) atoms. The van der Waals surface area contributed by atoms with E-state index in [-0.39, 0.29) is 24.3 Å². The molecule has 0 amide bonds. The highest BCUT2D eigenvalue weighted by Crippen LogP contribution is 2.42. The average molecular weight is 585 g/mol. The fraction of sp³-hybridized carbons (Fsp3) is 0.833. The SMILES string of the molecule is CCCCCC(/C=C/C1C(O[Si](C)(C)C)CC(O[Si](C)(C)C)C1C/C=C/CCCC(=O)OC)O[Si](C)(C)C. The molecule has 0 aromatic carbocycles. The summed E-state index contributed by atoms with van der Waals surface area (Å²) in [6.07, 6.45) is 18.7. The molecule has 1 fully saturated rings. The van der Waals surface area contributed by atoms with Crippen LogP contribution >= 0.6 is 0 Å². The van der Waals surface area contributed by atoms with Crippen LogP contribution in [0.25, 0.3) is 0 Å². The van der Waals surface area contributed by atoms with E-state index in [2.05, 4.69) is 90.2 Å². The first-order valence-electron chi connectivity index (χ1n) is 15.0. The molecule has 0 bridgehead atoms. The second-order valence-corrected chi connectivity index (χ2v) is 27.2. The largest absolute Gasteiger partial charge is 0.469 e. The zero-order valence-corrected chi connectivity index (χ0v) is 29.6. The lowest BCUT2D eigenvalue weighted by Crippen LogP contribution is -2.35. The van der Waals surface area contributed by atoms with Gasteiger partial charge in [0.1, 0.15) is 0 Å². The summed E-state index contributed by atoms with van der Waals surface area (Å²) in [7, 11) is -3.66. The average Bonchev–Trinajstić information content (AvgIpc) is 3.05. The summed E-state index contributed by atoms with van der Waals surface area (Å²) in [6, 6.07) is 0. The molecular formula is C30H60O5Si3. The fourth-order valence-electron chi connectivity index (χ4n) is 5.16. The van der Waals surface area contributed by atoms with Crippen LogP contribution in [0.3, 0.4) is 0 Å². The van der Waals surface area contributed by atoms with Crippen molar-refractivity contribution in [1.29, 1.82) is 0 Å². The highest BCUT2D eigenvalue weighted by molar-refractivity contribution is 6.70. The number of hydrogen-bond donors (Lipinski definition) is 0. The van der Waals surface area contributed by atoms with Gasteiger partial charge >= 0.3 is 5.97 Å². The summed E-state index contributed by atoms with van der Waals surface area (Å²) in [4.78, 5) is 11.4. The first-order chi connectivity index (χ1) is 17.5. The molecular weight excluding hydrogens is 525 g/mol. The van der Waals surface area contributed by atoms with E-state index in [0.29, 0.717) is 18.3 Å². The summed E-state index contributed by atoms with van der Waals surface area (Å²) in [5.41, 5.74) is 0. The lowest BCUT2D eigenvalue weighted by Gasteiger charge is -2.30. The quantitative estimate of drug-likeness (QED) is 0.0698. The van der Waals surface area contributed by atoms with E-state index in [0.717, 1.165) is 32.1 Å². The van der Waals surface area contributed by atoms with Crippen molar-refractivity contribution in [1.82, 2.24) is 0 Å². The second kappa shape index (κ2) is 16.7. The number of esters is 1. The van der Waals surface area contributed by atoms with E-state index in [1.54, 1.807) is 0 Å². The molecule has 8 heteroatoms. The van der Waals surface area contributed by atoms with Crippen LogP contribution in [0.2, 0.25) is 58.9 Å². The van der Waals surface area contributed by atoms with Gasteiger partial charge in [-0.3, -0.25) is 4.79 Å². The molecule has 5 atom stereocenters. The van der Waals surface area contributed by atoms with Gasteiger partial charge in [-0.2, -0.15) is 0 Å².